The summed E-state index contributed by atoms with van der Waals surface area (Å²) in [7, 11) is 0. The number of rotatable bonds is 0. The minimum absolute atomic E-state index is 0. The fourth-order valence-electron chi connectivity index (χ4n) is 0.385. The number of benzene rings is 1. The third-order valence-electron chi connectivity index (χ3n) is 0.667. The van der Waals surface area contributed by atoms with Gasteiger partial charge in [-0.2, -0.15) is 0 Å². The molecule has 0 spiro atoms. The lowest BCUT2D eigenvalue weighted by molar-refractivity contribution is -0.134. The maximum Gasteiger partial charge on any atom is 0.300 e. The van der Waals surface area contributed by atoms with E-state index in [2.05, 4.69) is 0 Å². The number of aliphatic carboxylic acids is 1. The van der Waals surface area contributed by atoms with E-state index in [1.807, 2.05) is 36.4 Å². The third-order valence-corrected chi connectivity index (χ3v) is 0.667. The molecule has 0 aliphatic heterocycles. The van der Waals surface area contributed by atoms with Crippen LogP contribution in [0, 0.1) is 0 Å². The monoisotopic (exact) mass is 156 g/mol. The first-order valence-electron chi connectivity index (χ1n) is 2.93. The topological polar surface area (TPSA) is 68.8 Å². The quantitative estimate of drug-likeness (QED) is 0.607. The highest BCUT2D eigenvalue weighted by Gasteiger charge is 1.65. The summed E-state index contributed by atoms with van der Waals surface area (Å²) in [5.74, 6) is -0.833. The molecule has 3 nitrogen and oxygen atoms in total. The first-order chi connectivity index (χ1) is 4.73. The highest BCUT2D eigenvalue weighted by Crippen LogP contribution is 1.79. The van der Waals surface area contributed by atoms with Crippen molar-refractivity contribution in [3.63, 3.8) is 0 Å². The molecule has 0 saturated heterocycles. The predicted molar refractivity (Wildman–Crippen MR) is 43.4 cm³/mol. The Bertz CT molecular complexity index is 141. The first-order valence-corrected chi connectivity index (χ1v) is 2.93. The van der Waals surface area contributed by atoms with E-state index in [1.165, 1.54) is 0 Å². The van der Waals surface area contributed by atoms with Gasteiger partial charge in [0.25, 0.3) is 5.97 Å². The lowest BCUT2D eigenvalue weighted by atomic mass is 10.4. The zero-order valence-corrected chi connectivity index (χ0v) is 6.32. The Morgan fingerprint density at radius 3 is 1.18 bits per heavy atom. The second kappa shape index (κ2) is 8.65. The van der Waals surface area contributed by atoms with Crippen LogP contribution in [0.3, 0.4) is 0 Å². The molecule has 1 aromatic carbocycles. The van der Waals surface area contributed by atoms with E-state index in [-0.39, 0.29) is 5.48 Å². The second-order valence-corrected chi connectivity index (χ2v) is 1.67. The van der Waals surface area contributed by atoms with Gasteiger partial charge in [-0.25, -0.2) is 0 Å². The Kier molecular flexibility index (Phi) is 9.70. The van der Waals surface area contributed by atoms with Crippen LogP contribution in [0.1, 0.15) is 6.92 Å². The van der Waals surface area contributed by atoms with Crippen LogP contribution in [-0.2, 0) is 4.79 Å². The maximum absolute atomic E-state index is 9.00. The molecule has 0 radical (unpaired) electrons. The Morgan fingerprint density at radius 2 is 1.09 bits per heavy atom. The van der Waals surface area contributed by atoms with Crippen molar-refractivity contribution >= 4 is 5.97 Å². The maximum atomic E-state index is 9.00. The van der Waals surface area contributed by atoms with Crippen LogP contribution in [-0.4, -0.2) is 16.6 Å². The van der Waals surface area contributed by atoms with Crippen molar-refractivity contribution < 1.29 is 15.4 Å². The lowest BCUT2D eigenvalue weighted by Gasteiger charge is -1.69. The average molecular weight is 156 g/mol. The molecule has 3 heteroatoms. The number of carboxylic acid groups (broad SMARTS) is 1. The highest BCUT2D eigenvalue weighted by molar-refractivity contribution is 5.62. The minimum Gasteiger partial charge on any atom is -0.481 e. The molecule has 0 atom stereocenters. The van der Waals surface area contributed by atoms with Gasteiger partial charge in [-0.15, -0.1) is 0 Å². The molecular weight excluding hydrogens is 144 g/mol. The molecule has 3 N–H and O–H groups in total. The number of carbonyl (C=O) groups is 1. The minimum atomic E-state index is -0.833. The molecule has 62 valence electrons. The van der Waals surface area contributed by atoms with Gasteiger partial charge in [0.05, 0.1) is 0 Å². The molecule has 0 aromatic heterocycles. The summed E-state index contributed by atoms with van der Waals surface area (Å²) in [6, 6.07) is 12.0. The Morgan fingerprint density at radius 1 is 1.00 bits per heavy atom. The summed E-state index contributed by atoms with van der Waals surface area (Å²) in [4.78, 5) is 9.00. The first kappa shape index (κ1) is 12.3. The van der Waals surface area contributed by atoms with Crippen molar-refractivity contribution in [1.29, 1.82) is 0 Å². The highest BCUT2D eigenvalue weighted by atomic mass is 16.4. The van der Waals surface area contributed by atoms with Gasteiger partial charge in [0.1, 0.15) is 0 Å². The van der Waals surface area contributed by atoms with E-state index in [4.69, 9.17) is 9.90 Å². The van der Waals surface area contributed by atoms with Crippen molar-refractivity contribution in [2.45, 2.75) is 6.92 Å². The van der Waals surface area contributed by atoms with Crippen LogP contribution < -0.4 is 0 Å². The number of hydrogen-bond donors (Lipinski definition) is 1. The molecule has 0 heterocycles. The van der Waals surface area contributed by atoms with Crippen LogP contribution in [0.4, 0.5) is 0 Å². The third kappa shape index (κ3) is 17.7. The van der Waals surface area contributed by atoms with Crippen molar-refractivity contribution in [2.24, 2.45) is 0 Å². The zero-order chi connectivity index (χ0) is 7.82. The molecule has 0 aliphatic rings. The van der Waals surface area contributed by atoms with Crippen LogP contribution in [0.15, 0.2) is 36.4 Å². The van der Waals surface area contributed by atoms with Crippen molar-refractivity contribution in [3.05, 3.63) is 36.4 Å². The Hall–Kier alpha value is -1.35. The largest absolute Gasteiger partial charge is 0.481 e. The van der Waals surface area contributed by atoms with Crippen molar-refractivity contribution in [2.75, 3.05) is 0 Å². The number of carboxylic acids is 1. The van der Waals surface area contributed by atoms with E-state index >= 15 is 0 Å². The summed E-state index contributed by atoms with van der Waals surface area (Å²) >= 11 is 0. The van der Waals surface area contributed by atoms with Gasteiger partial charge in [-0.05, 0) is 0 Å². The van der Waals surface area contributed by atoms with Crippen molar-refractivity contribution in [3.8, 4) is 0 Å². The van der Waals surface area contributed by atoms with Gasteiger partial charge in [0, 0.05) is 6.92 Å². The molecule has 0 aliphatic carbocycles. The Balaban J connectivity index is 0. The molecular formula is C8H12O3. The van der Waals surface area contributed by atoms with Gasteiger partial charge in [0.15, 0.2) is 0 Å². The van der Waals surface area contributed by atoms with Gasteiger partial charge in [-0.3, -0.25) is 4.79 Å². The summed E-state index contributed by atoms with van der Waals surface area (Å²) in [6.45, 7) is 1.08. The molecule has 11 heavy (non-hydrogen) atoms. The van der Waals surface area contributed by atoms with Crippen molar-refractivity contribution in [1.82, 2.24) is 0 Å². The summed E-state index contributed by atoms with van der Waals surface area (Å²) in [5.41, 5.74) is 0. The van der Waals surface area contributed by atoms with Crippen LogP contribution in [0.5, 0.6) is 0 Å². The molecule has 0 bridgehead atoms. The van der Waals surface area contributed by atoms with Gasteiger partial charge >= 0.3 is 0 Å². The summed E-state index contributed by atoms with van der Waals surface area (Å²) < 4.78 is 0. The lowest BCUT2D eigenvalue weighted by Crippen LogP contribution is -1.78. The van der Waals surface area contributed by atoms with E-state index in [1.54, 1.807) is 0 Å². The molecule has 1 rings (SSSR count). The molecule has 0 fully saturated rings. The Labute approximate surface area is 65.6 Å². The smallest absolute Gasteiger partial charge is 0.300 e. The predicted octanol–water partition coefficient (Wildman–Crippen LogP) is 0.953. The molecule has 0 unspecified atom stereocenters. The molecule has 1 aromatic rings. The van der Waals surface area contributed by atoms with Gasteiger partial charge in [-0.1, -0.05) is 36.4 Å². The standard InChI is InChI=1S/C6H6.C2H4O2.H2O/c1-2-4-6-5-3-1;1-2(3)4;/h1-6H;1H3,(H,3,4);1H2. The van der Waals surface area contributed by atoms with E-state index in [0.717, 1.165) is 6.92 Å². The van der Waals surface area contributed by atoms with E-state index < -0.39 is 5.97 Å². The molecule has 0 saturated carbocycles. The number of hydrogen-bond acceptors (Lipinski definition) is 1. The zero-order valence-electron chi connectivity index (χ0n) is 6.32. The fourth-order valence-corrected chi connectivity index (χ4v) is 0.385. The summed E-state index contributed by atoms with van der Waals surface area (Å²) in [5, 5.41) is 7.42. The normalized spacial score (nSPS) is 6.64. The van der Waals surface area contributed by atoms with Gasteiger partial charge in [0.2, 0.25) is 0 Å². The SMILES string of the molecule is CC(=O)O.O.c1ccccc1. The molecule has 0 amide bonds. The fraction of sp³-hybridized carbons (Fsp3) is 0.125. The van der Waals surface area contributed by atoms with Gasteiger partial charge < -0.3 is 10.6 Å². The van der Waals surface area contributed by atoms with Crippen LogP contribution in [0.2, 0.25) is 0 Å². The summed E-state index contributed by atoms with van der Waals surface area (Å²) in [6.07, 6.45) is 0. The second-order valence-electron chi connectivity index (χ2n) is 1.67. The average Bonchev–Trinajstić information content (AvgIpc) is 1.90. The van der Waals surface area contributed by atoms with E-state index in [0.29, 0.717) is 0 Å². The van der Waals surface area contributed by atoms with Crippen LogP contribution in [0.25, 0.3) is 0 Å². The van der Waals surface area contributed by atoms with Crippen LogP contribution >= 0.6 is 0 Å². The van der Waals surface area contributed by atoms with E-state index in [9.17, 15) is 0 Å².